The zero-order chi connectivity index (χ0) is 14.7. The topological polar surface area (TPSA) is 55.1 Å². The van der Waals surface area contributed by atoms with Crippen LogP contribution in [0.25, 0.3) is 0 Å². The van der Waals surface area contributed by atoms with Gasteiger partial charge in [0, 0.05) is 16.8 Å². The predicted molar refractivity (Wildman–Crippen MR) is 83.5 cm³/mol. The number of nitrogens with two attached hydrogens (primary N) is 1. The standard InChI is InChI=1S/C15H14Cl2N2O/c1-9(18)10-2-5-12(6-3-10)19-15(20)13-7-4-11(16)8-14(13)17/h2-9H,18H2,1H3,(H,19,20). The molecule has 0 saturated carbocycles. The van der Waals surface area contributed by atoms with Crippen LogP contribution in [0.15, 0.2) is 42.5 Å². The van der Waals surface area contributed by atoms with E-state index in [1.54, 1.807) is 24.3 Å². The van der Waals surface area contributed by atoms with Crippen LogP contribution in [0.5, 0.6) is 0 Å². The number of benzene rings is 2. The zero-order valence-corrected chi connectivity index (χ0v) is 12.4. The van der Waals surface area contributed by atoms with E-state index in [2.05, 4.69) is 5.32 Å². The average Bonchev–Trinajstić information content (AvgIpc) is 2.39. The fourth-order valence-corrected chi connectivity index (χ4v) is 2.24. The summed E-state index contributed by atoms with van der Waals surface area (Å²) in [5.41, 5.74) is 7.85. The highest BCUT2D eigenvalue weighted by Gasteiger charge is 2.11. The SMILES string of the molecule is CC(N)c1ccc(NC(=O)c2ccc(Cl)cc2Cl)cc1. The molecule has 0 spiro atoms. The van der Waals surface area contributed by atoms with Gasteiger partial charge in [-0.1, -0.05) is 35.3 Å². The lowest BCUT2D eigenvalue weighted by Crippen LogP contribution is -2.12. The Bertz CT molecular complexity index is 624. The molecule has 3 N–H and O–H groups in total. The largest absolute Gasteiger partial charge is 0.324 e. The first-order chi connectivity index (χ1) is 9.47. The van der Waals surface area contributed by atoms with Crippen molar-refractivity contribution in [1.82, 2.24) is 0 Å². The molecule has 0 bridgehead atoms. The van der Waals surface area contributed by atoms with Crippen molar-refractivity contribution >= 4 is 34.8 Å². The molecule has 1 unspecified atom stereocenters. The Morgan fingerprint density at radius 3 is 2.35 bits per heavy atom. The van der Waals surface area contributed by atoms with Crippen LogP contribution in [0.4, 0.5) is 5.69 Å². The van der Waals surface area contributed by atoms with Crippen LogP contribution >= 0.6 is 23.2 Å². The third-order valence-corrected chi connectivity index (χ3v) is 3.42. The first kappa shape index (κ1) is 14.9. The van der Waals surface area contributed by atoms with E-state index in [-0.39, 0.29) is 11.9 Å². The Labute approximate surface area is 127 Å². The van der Waals surface area contributed by atoms with E-state index in [0.29, 0.717) is 21.3 Å². The quantitative estimate of drug-likeness (QED) is 0.890. The molecule has 5 heteroatoms. The van der Waals surface area contributed by atoms with Gasteiger partial charge in [0.05, 0.1) is 10.6 Å². The molecule has 0 aliphatic carbocycles. The highest BCUT2D eigenvalue weighted by molar-refractivity contribution is 6.37. The number of carbonyl (C=O) groups is 1. The zero-order valence-electron chi connectivity index (χ0n) is 10.9. The van der Waals surface area contributed by atoms with Crippen LogP contribution in [0.2, 0.25) is 10.0 Å². The fraction of sp³-hybridized carbons (Fsp3) is 0.133. The van der Waals surface area contributed by atoms with Crippen LogP contribution in [0, 0.1) is 0 Å². The van der Waals surface area contributed by atoms with Crippen molar-refractivity contribution in [2.24, 2.45) is 5.73 Å². The maximum atomic E-state index is 12.1. The Balaban J connectivity index is 2.15. The van der Waals surface area contributed by atoms with Gasteiger partial charge in [0.2, 0.25) is 0 Å². The van der Waals surface area contributed by atoms with E-state index in [0.717, 1.165) is 5.56 Å². The summed E-state index contributed by atoms with van der Waals surface area (Å²) in [4.78, 5) is 12.1. The van der Waals surface area contributed by atoms with Gasteiger partial charge in [0.25, 0.3) is 5.91 Å². The summed E-state index contributed by atoms with van der Waals surface area (Å²) in [5.74, 6) is -0.278. The van der Waals surface area contributed by atoms with E-state index in [1.807, 2.05) is 19.1 Å². The maximum absolute atomic E-state index is 12.1. The lowest BCUT2D eigenvalue weighted by Gasteiger charge is -2.09. The summed E-state index contributed by atoms with van der Waals surface area (Å²) in [7, 11) is 0. The summed E-state index contributed by atoms with van der Waals surface area (Å²) in [6.07, 6.45) is 0. The van der Waals surface area contributed by atoms with E-state index in [9.17, 15) is 4.79 Å². The van der Waals surface area contributed by atoms with Crippen molar-refractivity contribution in [3.05, 3.63) is 63.6 Å². The molecule has 20 heavy (non-hydrogen) atoms. The van der Waals surface area contributed by atoms with Gasteiger partial charge in [0.1, 0.15) is 0 Å². The summed E-state index contributed by atoms with van der Waals surface area (Å²) >= 11 is 11.8. The molecule has 1 amide bonds. The van der Waals surface area contributed by atoms with Crippen LogP contribution in [-0.2, 0) is 0 Å². The molecule has 0 saturated heterocycles. The van der Waals surface area contributed by atoms with Crippen LogP contribution in [0.3, 0.4) is 0 Å². The minimum absolute atomic E-state index is 0.0366. The van der Waals surface area contributed by atoms with Crippen LogP contribution < -0.4 is 11.1 Å². The van der Waals surface area contributed by atoms with Gasteiger partial charge < -0.3 is 11.1 Å². The van der Waals surface area contributed by atoms with E-state index in [4.69, 9.17) is 28.9 Å². The average molecular weight is 309 g/mol. The van der Waals surface area contributed by atoms with Gasteiger partial charge in [0.15, 0.2) is 0 Å². The van der Waals surface area contributed by atoms with Crippen molar-refractivity contribution in [3.63, 3.8) is 0 Å². The summed E-state index contributed by atoms with van der Waals surface area (Å²) < 4.78 is 0. The molecule has 1 atom stereocenters. The van der Waals surface area contributed by atoms with Crippen molar-refractivity contribution < 1.29 is 4.79 Å². The Hall–Kier alpha value is -1.55. The molecular weight excluding hydrogens is 295 g/mol. The molecule has 0 fully saturated rings. The molecule has 2 aromatic rings. The number of halogens is 2. The molecule has 0 heterocycles. The van der Waals surface area contributed by atoms with Gasteiger partial charge in [-0.2, -0.15) is 0 Å². The molecule has 0 aliphatic rings. The van der Waals surface area contributed by atoms with Crippen molar-refractivity contribution in [1.29, 1.82) is 0 Å². The van der Waals surface area contributed by atoms with Gasteiger partial charge in [-0.15, -0.1) is 0 Å². The second kappa shape index (κ2) is 6.27. The lowest BCUT2D eigenvalue weighted by atomic mass is 10.1. The Morgan fingerprint density at radius 1 is 1.15 bits per heavy atom. The number of hydrogen-bond acceptors (Lipinski definition) is 2. The third-order valence-electron chi connectivity index (χ3n) is 2.87. The molecule has 2 rings (SSSR count). The van der Waals surface area contributed by atoms with E-state index in [1.165, 1.54) is 6.07 Å². The van der Waals surface area contributed by atoms with E-state index >= 15 is 0 Å². The highest BCUT2D eigenvalue weighted by Crippen LogP contribution is 2.22. The Kier molecular flexibility index (Phi) is 4.65. The second-order valence-corrected chi connectivity index (χ2v) is 5.33. The highest BCUT2D eigenvalue weighted by atomic mass is 35.5. The Morgan fingerprint density at radius 2 is 1.80 bits per heavy atom. The first-order valence-electron chi connectivity index (χ1n) is 6.09. The minimum Gasteiger partial charge on any atom is -0.324 e. The molecule has 0 aromatic heterocycles. The van der Waals surface area contributed by atoms with Crippen molar-refractivity contribution in [3.8, 4) is 0 Å². The normalized spacial score (nSPS) is 12.0. The van der Waals surface area contributed by atoms with Crippen LogP contribution in [-0.4, -0.2) is 5.91 Å². The monoisotopic (exact) mass is 308 g/mol. The maximum Gasteiger partial charge on any atom is 0.257 e. The van der Waals surface area contributed by atoms with Gasteiger partial charge >= 0.3 is 0 Å². The molecule has 0 aliphatic heterocycles. The molecule has 2 aromatic carbocycles. The lowest BCUT2D eigenvalue weighted by molar-refractivity contribution is 0.102. The fourth-order valence-electron chi connectivity index (χ4n) is 1.74. The number of hydrogen-bond donors (Lipinski definition) is 2. The number of nitrogens with one attached hydrogen (secondary N) is 1. The van der Waals surface area contributed by atoms with Crippen LogP contribution in [0.1, 0.15) is 28.9 Å². The predicted octanol–water partition coefficient (Wildman–Crippen LogP) is 4.27. The smallest absolute Gasteiger partial charge is 0.257 e. The summed E-state index contributed by atoms with van der Waals surface area (Å²) in [5, 5.41) is 3.59. The number of amides is 1. The van der Waals surface area contributed by atoms with Gasteiger partial charge in [-0.3, -0.25) is 4.79 Å². The van der Waals surface area contributed by atoms with Gasteiger partial charge in [-0.05, 0) is 42.8 Å². The van der Waals surface area contributed by atoms with Crippen molar-refractivity contribution in [2.75, 3.05) is 5.32 Å². The van der Waals surface area contributed by atoms with E-state index < -0.39 is 0 Å². The number of rotatable bonds is 3. The minimum atomic E-state index is -0.278. The van der Waals surface area contributed by atoms with Gasteiger partial charge in [-0.25, -0.2) is 0 Å². The number of carbonyl (C=O) groups excluding carboxylic acids is 1. The van der Waals surface area contributed by atoms with Crippen molar-refractivity contribution in [2.45, 2.75) is 13.0 Å². The molecule has 0 radical (unpaired) electrons. The third kappa shape index (κ3) is 3.51. The molecule has 104 valence electrons. The summed E-state index contributed by atoms with van der Waals surface area (Å²) in [6, 6.07) is 12.1. The molecular formula is C15H14Cl2N2O. The first-order valence-corrected chi connectivity index (χ1v) is 6.85. The second-order valence-electron chi connectivity index (χ2n) is 4.49. The summed E-state index contributed by atoms with van der Waals surface area (Å²) in [6.45, 7) is 1.90. The molecule has 3 nitrogen and oxygen atoms in total. The number of anilines is 1.